The summed E-state index contributed by atoms with van der Waals surface area (Å²) in [6.45, 7) is 5.17. The summed E-state index contributed by atoms with van der Waals surface area (Å²) in [6, 6.07) is 5.60. The largest absolute Gasteiger partial charge is 0.382 e. The van der Waals surface area contributed by atoms with Crippen LogP contribution in [0.2, 0.25) is 0 Å². The molecule has 0 spiro atoms. The molecule has 1 N–H and O–H groups in total. The first-order chi connectivity index (χ1) is 7.50. The van der Waals surface area contributed by atoms with Gasteiger partial charge in [0.1, 0.15) is 5.60 Å². The molecule has 0 unspecified atom stereocenters. The molecule has 0 saturated heterocycles. The van der Waals surface area contributed by atoms with Crippen molar-refractivity contribution in [2.45, 2.75) is 26.4 Å². The molecule has 4 heteroatoms. The summed E-state index contributed by atoms with van der Waals surface area (Å²) in [5.41, 5.74) is 1.20. The van der Waals surface area contributed by atoms with Gasteiger partial charge in [0, 0.05) is 6.20 Å². The van der Waals surface area contributed by atoms with E-state index in [1.165, 1.54) is 0 Å². The van der Waals surface area contributed by atoms with Crippen LogP contribution >= 0.6 is 0 Å². The standard InChI is InChI=1S/C12H14N2O2/c1-8-10(9-6-4-5-7-13-9)11(16-14-8)12(2,3)15/h4-7,15H,1-3H3. The maximum absolute atomic E-state index is 9.98. The Kier molecular flexibility index (Phi) is 2.52. The molecule has 2 heterocycles. The fourth-order valence-corrected chi connectivity index (χ4v) is 1.60. The van der Waals surface area contributed by atoms with Gasteiger partial charge in [0.05, 0.1) is 17.0 Å². The Balaban J connectivity index is 2.61. The molecule has 0 aromatic carbocycles. The fourth-order valence-electron chi connectivity index (χ4n) is 1.60. The van der Waals surface area contributed by atoms with E-state index in [-0.39, 0.29) is 0 Å². The number of aryl methyl sites for hydroxylation is 1. The number of hydrogen-bond donors (Lipinski definition) is 1. The van der Waals surface area contributed by atoms with Gasteiger partial charge in [-0.2, -0.15) is 0 Å². The van der Waals surface area contributed by atoms with E-state index >= 15 is 0 Å². The highest BCUT2D eigenvalue weighted by molar-refractivity contribution is 5.64. The Labute approximate surface area is 93.9 Å². The molecular formula is C12H14N2O2. The van der Waals surface area contributed by atoms with E-state index in [2.05, 4.69) is 10.1 Å². The van der Waals surface area contributed by atoms with Crippen LogP contribution in [0.1, 0.15) is 25.3 Å². The minimum absolute atomic E-state index is 0.448. The average molecular weight is 218 g/mol. The van der Waals surface area contributed by atoms with Crippen LogP contribution < -0.4 is 0 Å². The van der Waals surface area contributed by atoms with Crippen molar-refractivity contribution >= 4 is 0 Å². The summed E-state index contributed by atoms with van der Waals surface area (Å²) in [5.74, 6) is 0.448. The van der Waals surface area contributed by atoms with Crippen LogP contribution in [0.15, 0.2) is 28.9 Å². The Morgan fingerprint density at radius 1 is 1.31 bits per heavy atom. The van der Waals surface area contributed by atoms with Gasteiger partial charge in [0.2, 0.25) is 0 Å². The van der Waals surface area contributed by atoms with Crippen LogP contribution in [0, 0.1) is 6.92 Å². The first kappa shape index (κ1) is 10.8. The molecule has 0 saturated carbocycles. The van der Waals surface area contributed by atoms with E-state index in [9.17, 15) is 5.11 Å². The summed E-state index contributed by atoms with van der Waals surface area (Å²) in [5, 5.41) is 13.9. The average Bonchev–Trinajstić information content (AvgIpc) is 2.61. The van der Waals surface area contributed by atoms with Gasteiger partial charge in [-0.3, -0.25) is 4.98 Å². The van der Waals surface area contributed by atoms with E-state index in [1.807, 2.05) is 25.1 Å². The van der Waals surface area contributed by atoms with Crippen molar-refractivity contribution in [2.75, 3.05) is 0 Å². The lowest BCUT2D eigenvalue weighted by Crippen LogP contribution is -2.15. The lowest BCUT2D eigenvalue weighted by molar-refractivity contribution is 0.0482. The summed E-state index contributed by atoms with van der Waals surface area (Å²) >= 11 is 0. The quantitative estimate of drug-likeness (QED) is 0.840. The third-order valence-corrected chi connectivity index (χ3v) is 2.34. The summed E-state index contributed by atoms with van der Waals surface area (Å²) in [7, 11) is 0. The van der Waals surface area contributed by atoms with Gasteiger partial charge >= 0.3 is 0 Å². The molecule has 0 aliphatic heterocycles. The van der Waals surface area contributed by atoms with Gasteiger partial charge in [-0.25, -0.2) is 0 Å². The smallest absolute Gasteiger partial charge is 0.177 e. The maximum Gasteiger partial charge on any atom is 0.177 e. The molecule has 0 fully saturated rings. The summed E-state index contributed by atoms with van der Waals surface area (Å²) < 4.78 is 5.17. The molecule has 0 aliphatic carbocycles. The van der Waals surface area contributed by atoms with E-state index in [0.29, 0.717) is 5.76 Å². The summed E-state index contributed by atoms with van der Waals surface area (Å²) in [6.07, 6.45) is 1.70. The van der Waals surface area contributed by atoms with Crippen LogP contribution in [0.5, 0.6) is 0 Å². The molecule has 84 valence electrons. The normalized spacial score (nSPS) is 11.8. The molecule has 0 radical (unpaired) electrons. The van der Waals surface area contributed by atoms with Crippen LogP contribution in [0.4, 0.5) is 0 Å². The van der Waals surface area contributed by atoms with Crippen molar-refractivity contribution in [1.29, 1.82) is 0 Å². The molecule has 4 nitrogen and oxygen atoms in total. The molecule has 0 bridgehead atoms. The van der Waals surface area contributed by atoms with Gasteiger partial charge < -0.3 is 9.63 Å². The third kappa shape index (κ3) is 1.84. The molecule has 0 amide bonds. The number of nitrogens with zero attached hydrogens (tertiary/aromatic N) is 2. The van der Waals surface area contributed by atoms with E-state index in [1.54, 1.807) is 20.0 Å². The van der Waals surface area contributed by atoms with Gasteiger partial charge in [-0.05, 0) is 32.9 Å². The number of hydrogen-bond acceptors (Lipinski definition) is 4. The predicted octanol–water partition coefficient (Wildman–Crippen LogP) is 2.27. The highest BCUT2D eigenvalue weighted by Crippen LogP contribution is 2.32. The van der Waals surface area contributed by atoms with Crippen LogP contribution in [0.25, 0.3) is 11.3 Å². The second-order valence-corrected chi connectivity index (χ2v) is 4.25. The topological polar surface area (TPSA) is 59.2 Å². The highest BCUT2D eigenvalue weighted by Gasteiger charge is 2.28. The van der Waals surface area contributed by atoms with Crippen LogP contribution in [-0.2, 0) is 5.60 Å². The van der Waals surface area contributed by atoms with Gasteiger partial charge in [0.15, 0.2) is 5.76 Å². The number of pyridine rings is 1. The Morgan fingerprint density at radius 2 is 2.06 bits per heavy atom. The van der Waals surface area contributed by atoms with Gasteiger partial charge in [-0.1, -0.05) is 11.2 Å². The van der Waals surface area contributed by atoms with Crippen molar-refractivity contribution in [2.24, 2.45) is 0 Å². The molecule has 0 atom stereocenters. The van der Waals surface area contributed by atoms with E-state index in [4.69, 9.17) is 4.52 Å². The van der Waals surface area contributed by atoms with Gasteiger partial charge in [-0.15, -0.1) is 0 Å². The molecule has 2 aromatic heterocycles. The molecule has 2 rings (SSSR count). The SMILES string of the molecule is Cc1noc(C(C)(C)O)c1-c1ccccn1. The monoisotopic (exact) mass is 218 g/mol. The zero-order valence-corrected chi connectivity index (χ0v) is 9.56. The number of aromatic nitrogens is 2. The first-order valence-electron chi connectivity index (χ1n) is 5.10. The second kappa shape index (κ2) is 3.72. The molecule has 16 heavy (non-hydrogen) atoms. The van der Waals surface area contributed by atoms with Crippen molar-refractivity contribution < 1.29 is 9.63 Å². The lowest BCUT2D eigenvalue weighted by atomic mass is 9.98. The van der Waals surface area contributed by atoms with E-state index in [0.717, 1.165) is 17.0 Å². The minimum atomic E-state index is -1.06. The zero-order chi connectivity index (χ0) is 11.8. The predicted molar refractivity (Wildman–Crippen MR) is 59.7 cm³/mol. The third-order valence-electron chi connectivity index (χ3n) is 2.34. The van der Waals surface area contributed by atoms with E-state index < -0.39 is 5.60 Å². The highest BCUT2D eigenvalue weighted by atomic mass is 16.5. The fraction of sp³-hybridized carbons (Fsp3) is 0.333. The summed E-state index contributed by atoms with van der Waals surface area (Å²) in [4.78, 5) is 4.25. The molecular weight excluding hydrogens is 204 g/mol. The number of rotatable bonds is 2. The van der Waals surface area contributed by atoms with Crippen molar-refractivity contribution in [3.8, 4) is 11.3 Å². The Hall–Kier alpha value is -1.68. The number of aliphatic hydroxyl groups is 1. The Bertz CT molecular complexity index is 483. The van der Waals surface area contributed by atoms with Crippen LogP contribution in [-0.4, -0.2) is 15.2 Å². The van der Waals surface area contributed by atoms with Crippen molar-refractivity contribution in [3.63, 3.8) is 0 Å². The lowest BCUT2D eigenvalue weighted by Gasteiger charge is -2.14. The molecule has 0 aliphatic rings. The minimum Gasteiger partial charge on any atom is -0.382 e. The second-order valence-electron chi connectivity index (χ2n) is 4.25. The zero-order valence-electron chi connectivity index (χ0n) is 9.56. The molecule has 2 aromatic rings. The Morgan fingerprint density at radius 3 is 2.62 bits per heavy atom. The van der Waals surface area contributed by atoms with Crippen LogP contribution in [0.3, 0.4) is 0 Å². The first-order valence-corrected chi connectivity index (χ1v) is 5.10. The van der Waals surface area contributed by atoms with Crippen molar-refractivity contribution in [3.05, 3.63) is 35.9 Å². The van der Waals surface area contributed by atoms with Crippen molar-refractivity contribution in [1.82, 2.24) is 10.1 Å². The maximum atomic E-state index is 9.98. The van der Waals surface area contributed by atoms with Gasteiger partial charge in [0.25, 0.3) is 0 Å².